The van der Waals surface area contributed by atoms with E-state index in [9.17, 15) is 4.79 Å². The molecule has 1 unspecified atom stereocenters. The van der Waals surface area contributed by atoms with Crippen LogP contribution in [0.5, 0.6) is 11.5 Å². The minimum absolute atomic E-state index is 0.0774. The monoisotopic (exact) mass is 432 g/mol. The summed E-state index contributed by atoms with van der Waals surface area (Å²) in [6, 6.07) is 15.2. The number of likely N-dealkylation sites (tertiary alicyclic amines) is 1. The highest BCUT2D eigenvalue weighted by Gasteiger charge is 2.31. The Balaban J connectivity index is 1.66. The number of ether oxygens (including phenoxy) is 2. The summed E-state index contributed by atoms with van der Waals surface area (Å²) in [4.78, 5) is 24.1. The van der Waals surface area contributed by atoms with Gasteiger partial charge < -0.3 is 20.1 Å². The molecule has 0 aliphatic carbocycles. The van der Waals surface area contributed by atoms with Crippen LogP contribution >= 0.6 is 0 Å². The van der Waals surface area contributed by atoms with E-state index in [1.165, 1.54) is 0 Å². The van der Waals surface area contributed by atoms with Crippen molar-refractivity contribution < 1.29 is 14.3 Å². The first-order valence-electron chi connectivity index (χ1n) is 10.8. The van der Waals surface area contributed by atoms with Gasteiger partial charge in [-0.1, -0.05) is 24.3 Å². The molecule has 32 heavy (non-hydrogen) atoms. The van der Waals surface area contributed by atoms with Crippen molar-refractivity contribution in [3.63, 3.8) is 0 Å². The SMILES string of the molecule is COc1ccc(CC(=O)N2CCCCC2c2nc(N)ncc2-c2cccc(OC)c2)cc1. The first-order chi connectivity index (χ1) is 15.6. The van der Waals surface area contributed by atoms with E-state index in [4.69, 9.17) is 15.2 Å². The van der Waals surface area contributed by atoms with Crippen molar-refractivity contribution in [1.29, 1.82) is 0 Å². The molecule has 7 heteroatoms. The molecule has 0 bridgehead atoms. The molecule has 1 aliphatic heterocycles. The quantitative estimate of drug-likeness (QED) is 0.632. The summed E-state index contributed by atoms with van der Waals surface area (Å²) in [5.41, 5.74) is 9.52. The van der Waals surface area contributed by atoms with E-state index < -0.39 is 0 Å². The third kappa shape index (κ3) is 4.66. The third-order valence-corrected chi connectivity index (χ3v) is 5.87. The van der Waals surface area contributed by atoms with E-state index in [1.807, 2.05) is 53.4 Å². The van der Waals surface area contributed by atoms with Crippen LogP contribution in [0.2, 0.25) is 0 Å². The fraction of sp³-hybridized carbons (Fsp3) is 0.320. The highest BCUT2D eigenvalue weighted by Crippen LogP contribution is 2.37. The van der Waals surface area contributed by atoms with E-state index in [0.717, 1.165) is 53.1 Å². The lowest BCUT2D eigenvalue weighted by Crippen LogP contribution is -2.40. The Hall–Kier alpha value is -3.61. The molecule has 1 fully saturated rings. The second-order valence-electron chi connectivity index (χ2n) is 7.88. The van der Waals surface area contributed by atoms with Gasteiger partial charge in [0.25, 0.3) is 0 Å². The van der Waals surface area contributed by atoms with Crippen LogP contribution in [0.1, 0.15) is 36.6 Å². The van der Waals surface area contributed by atoms with Gasteiger partial charge in [-0.2, -0.15) is 0 Å². The number of carbonyl (C=O) groups is 1. The molecule has 0 radical (unpaired) electrons. The Morgan fingerprint density at radius 3 is 2.62 bits per heavy atom. The van der Waals surface area contributed by atoms with Gasteiger partial charge in [0, 0.05) is 18.3 Å². The maximum atomic E-state index is 13.3. The summed E-state index contributed by atoms with van der Waals surface area (Å²) in [6.45, 7) is 0.696. The molecule has 0 saturated carbocycles. The maximum absolute atomic E-state index is 13.3. The largest absolute Gasteiger partial charge is 0.497 e. The number of carbonyl (C=O) groups excluding carboxylic acids is 1. The Kier molecular flexibility index (Phi) is 6.54. The van der Waals surface area contributed by atoms with E-state index in [0.29, 0.717) is 13.0 Å². The van der Waals surface area contributed by atoms with Crippen LogP contribution in [0.15, 0.2) is 54.7 Å². The smallest absolute Gasteiger partial charge is 0.227 e. The molecule has 0 spiro atoms. The number of methoxy groups -OCH3 is 2. The highest BCUT2D eigenvalue weighted by atomic mass is 16.5. The Bertz CT molecular complexity index is 1080. The zero-order chi connectivity index (χ0) is 22.5. The molecule has 1 aliphatic rings. The topological polar surface area (TPSA) is 90.6 Å². The molecular formula is C25H28N4O3. The normalized spacial score (nSPS) is 15.9. The highest BCUT2D eigenvalue weighted by molar-refractivity contribution is 5.80. The molecule has 7 nitrogen and oxygen atoms in total. The van der Waals surface area contributed by atoms with Gasteiger partial charge in [-0.15, -0.1) is 0 Å². The zero-order valence-electron chi connectivity index (χ0n) is 18.5. The summed E-state index contributed by atoms with van der Waals surface area (Å²) >= 11 is 0. The summed E-state index contributed by atoms with van der Waals surface area (Å²) in [5.74, 6) is 1.81. The second kappa shape index (κ2) is 9.68. The number of rotatable bonds is 6. The van der Waals surface area contributed by atoms with E-state index >= 15 is 0 Å². The summed E-state index contributed by atoms with van der Waals surface area (Å²) in [6.07, 6.45) is 4.91. The van der Waals surface area contributed by atoms with Crippen LogP contribution in [0.4, 0.5) is 5.95 Å². The first-order valence-corrected chi connectivity index (χ1v) is 10.8. The number of anilines is 1. The van der Waals surface area contributed by atoms with Gasteiger partial charge in [0.05, 0.1) is 32.4 Å². The van der Waals surface area contributed by atoms with E-state index in [-0.39, 0.29) is 17.9 Å². The number of nitrogens with two attached hydrogens (primary N) is 1. The predicted octanol–water partition coefficient (Wildman–Crippen LogP) is 4.04. The van der Waals surface area contributed by atoms with Crippen molar-refractivity contribution in [2.75, 3.05) is 26.5 Å². The fourth-order valence-electron chi connectivity index (χ4n) is 4.21. The number of benzene rings is 2. The molecule has 1 amide bonds. The predicted molar refractivity (Wildman–Crippen MR) is 123 cm³/mol. The number of nitrogen functional groups attached to an aromatic ring is 1. The van der Waals surface area contributed by atoms with Gasteiger partial charge in [-0.25, -0.2) is 9.97 Å². The van der Waals surface area contributed by atoms with Crippen LogP contribution in [-0.2, 0) is 11.2 Å². The second-order valence-corrected chi connectivity index (χ2v) is 7.88. The Morgan fingerprint density at radius 2 is 1.88 bits per heavy atom. The third-order valence-electron chi connectivity index (χ3n) is 5.87. The average Bonchev–Trinajstić information content (AvgIpc) is 2.84. The van der Waals surface area contributed by atoms with Crippen molar-refractivity contribution in [3.8, 4) is 22.6 Å². The molecule has 2 N–H and O–H groups in total. The summed E-state index contributed by atoms with van der Waals surface area (Å²) in [7, 11) is 3.27. The standard InChI is InChI=1S/C25H28N4O3/c1-31-19-11-9-17(10-12-19)14-23(30)29-13-4-3-8-22(29)24-21(16-27-25(26)28-24)18-6-5-7-20(15-18)32-2/h5-7,9-12,15-16,22H,3-4,8,13-14H2,1-2H3,(H2,26,27,28). The molecule has 4 rings (SSSR count). The number of nitrogens with zero attached hydrogens (tertiary/aromatic N) is 3. The van der Waals surface area contributed by atoms with Crippen LogP contribution < -0.4 is 15.2 Å². The Labute approximate surface area is 188 Å². The first kappa shape index (κ1) is 21.6. The Morgan fingerprint density at radius 1 is 1.09 bits per heavy atom. The van der Waals surface area contributed by atoms with Gasteiger partial charge in [-0.05, 0) is 54.7 Å². The van der Waals surface area contributed by atoms with Gasteiger partial charge in [0.2, 0.25) is 11.9 Å². The van der Waals surface area contributed by atoms with E-state index in [1.54, 1.807) is 20.4 Å². The lowest BCUT2D eigenvalue weighted by Gasteiger charge is -2.36. The molecular weight excluding hydrogens is 404 g/mol. The van der Waals surface area contributed by atoms with Crippen LogP contribution in [0.3, 0.4) is 0 Å². The van der Waals surface area contributed by atoms with E-state index in [2.05, 4.69) is 9.97 Å². The molecule has 2 heterocycles. The number of hydrogen-bond donors (Lipinski definition) is 1. The summed E-state index contributed by atoms with van der Waals surface area (Å²) in [5, 5.41) is 0. The number of piperidine rings is 1. The molecule has 1 atom stereocenters. The maximum Gasteiger partial charge on any atom is 0.227 e. The molecule has 1 saturated heterocycles. The lowest BCUT2D eigenvalue weighted by molar-refractivity contribution is -0.134. The van der Waals surface area contributed by atoms with Gasteiger partial charge >= 0.3 is 0 Å². The number of aromatic nitrogens is 2. The van der Waals surface area contributed by atoms with Crippen LogP contribution in [0, 0.1) is 0 Å². The van der Waals surface area contributed by atoms with Crippen molar-refractivity contribution in [1.82, 2.24) is 14.9 Å². The number of amides is 1. The molecule has 1 aromatic heterocycles. The van der Waals surface area contributed by atoms with Crippen LogP contribution in [-0.4, -0.2) is 41.5 Å². The lowest BCUT2D eigenvalue weighted by atomic mass is 9.93. The van der Waals surface area contributed by atoms with Crippen molar-refractivity contribution in [2.45, 2.75) is 31.7 Å². The molecule has 2 aromatic carbocycles. The average molecular weight is 433 g/mol. The minimum Gasteiger partial charge on any atom is -0.497 e. The summed E-state index contributed by atoms with van der Waals surface area (Å²) < 4.78 is 10.6. The number of hydrogen-bond acceptors (Lipinski definition) is 6. The van der Waals surface area contributed by atoms with Crippen molar-refractivity contribution in [2.24, 2.45) is 0 Å². The zero-order valence-corrected chi connectivity index (χ0v) is 18.5. The molecule has 166 valence electrons. The molecule has 3 aromatic rings. The van der Waals surface area contributed by atoms with Crippen molar-refractivity contribution in [3.05, 3.63) is 66.0 Å². The van der Waals surface area contributed by atoms with Crippen LogP contribution in [0.25, 0.3) is 11.1 Å². The fourth-order valence-corrected chi connectivity index (χ4v) is 4.21. The van der Waals surface area contributed by atoms with Gasteiger partial charge in [0.1, 0.15) is 11.5 Å². The van der Waals surface area contributed by atoms with Gasteiger partial charge in [-0.3, -0.25) is 4.79 Å². The van der Waals surface area contributed by atoms with Crippen molar-refractivity contribution >= 4 is 11.9 Å². The minimum atomic E-state index is -0.152. The van der Waals surface area contributed by atoms with Gasteiger partial charge in [0.15, 0.2) is 0 Å².